The van der Waals surface area contributed by atoms with Crippen molar-refractivity contribution in [3.8, 4) is 11.6 Å². The predicted molar refractivity (Wildman–Crippen MR) is 126 cm³/mol. The van der Waals surface area contributed by atoms with Crippen LogP contribution in [0.4, 0.5) is 13.2 Å². The second-order valence-corrected chi connectivity index (χ2v) is 8.88. The van der Waals surface area contributed by atoms with Crippen molar-refractivity contribution < 1.29 is 22.6 Å². The molecule has 180 valence electrons. The summed E-state index contributed by atoms with van der Waals surface area (Å²) in [6.45, 7) is 0.689. The molecule has 4 nitrogen and oxygen atoms in total. The molecule has 1 fully saturated rings. The van der Waals surface area contributed by atoms with E-state index in [1.54, 1.807) is 0 Å². The summed E-state index contributed by atoms with van der Waals surface area (Å²) in [5.41, 5.74) is 2.40. The van der Waals surface area contributed by atoms with Crippen molar-refractivity contribution in [2.75, 3.05) is 6.61 Å². The van der Waals surface area contributed by atoms with Gasteiger partial charge in [0.1, 0.15) is 13.2 Å². The Morgan fingerprint density at radius 2 is 1.63 bits per heavy atom. The van der Waals surface area contributed by atoms with Gasteiger partial charge in [-0.3, -0.25) is 0 Å². The quantitative estimate of drug-likeness (QED) is 0.357. The molecule has 0 spiro atoms. The van der Waals surface area contributed by atoms with E-state index in [1.165, 1.54) is 12.1 Å². The SMILES string of the molecule is FC(F)(F)c1ccc(C2(c3cc(OCc4ccccc4)c(OCC4=CCCC=C4)nn3)CC2)cc1. The van der Waals surface area contributed by atoms with E-state index in [0.29, 0.717) is 30.5 Å². The Balaban J connectivity index is 1.41. The van der Waals surface area contributed by atoms with E-state index < -0.39 is 17.2 Å². The van der Waals surface area contributed by atoms with Crippen LogP contribution >= 0.6 is 0 Å². The fourth-order valence-electron chi connectivity index (χ4n) is 4.26. The number of rotatable bonds is 8. The summed E-state index contributed by atoms with van der Waals surface area (Å²) in [5, 5.41) is 8.76. The van der Waals surface area contributed by atoms with Crippen LogP contribution < -0.4 is 9.47 Å². The summed E-state index contributed by atoms with van der Waals surface area (Å²) >= 11 is 0. The molecule has 0 radical (unpaired) electrons. The molecule has 3 aromatic rings. The molecule has 1 aromatic heterocycles. The molecule has 0 aliphatic heterocycles. The second kappa shape index (κ2) is 9.56. The maximum Gasteiger partial charge on any atom is 0.416 e. The molecule has 0 bridgehead atoms. The first kappa shape index (κ1) is 23.1. The lowest BCUT2D eigenvalue weighted by Gasteiger charge is -2.18. The van der Waals surface area contributed by atoms with E-state index in [4.69, 9.17) is 9.47 Å². The fraction of sp³-hybridized carbons (Fsp3) is 0.286. The third-order valence-electron chi connectivity index (χ3n) is 6.42. The van der Waals surface area contributed by atoms with Gasteiger partial charge in [0.25, 0.3) is 5.88 Å². The van der Waals surface area contributed by atoms with Crippen LogP contribution in [0.3, 0.4) is 0 Å². The topological polar surface area (TPSA) is 44.2 Å². The highest BCUT2D eigenvalue weighted by atomic mass is 19.4. The maximum absolute atomic E-state index is 13.0. The van der Waals surface area contributed by atoms with E-state index in [-0.39, 0.29) is 0 Å². The van der Waals surface area contributed by atoms with E-state index in [1.807, 2.05) is 42.5 Å². The average Bonchev–Trinajstić information content (AvgIpc) is 3.69. The van der Waals surface area contributed by atoms with Gasteiger partial charge >= 0.3 is 6.18 Å². The first-order chi connectivity index (χ1) is 16.9. The van der Waals surface area contributed by atoms with Crippen LogP contribution in [-0.4, -0.2) is 16.8 Å². The van der Waals surface area contributed by atoms with Crippen molar-refractivity contribution in [1.82, 2.24) is 10.2 Å². The van der Waals surface area contributed by atoms with Crippen LogP contribution in [0.1, 0.15) is 48.1 Å². The zero-order chi connectivity index (χ0) is 24.3. The Bertz CT molecular complexity index is 1230. The minimum atomic E-state index is -4.37. The number of hydrogen-bond donors (Lipinski definition) is 0. The highest BCUT2D eigenvalue weighted by Gasteiger charge is 2.48. The van der Waals surface area contributed by atoms with Gasteiger partial charge in [-0.1, -0.05) is 60.7 Å². The fourth-order valence-corrected chi connectivity index (χ4v) is 4.26. The van der Waals surface area contributed by atoms with Crippen molar-refractivity contribution in [3.05, 3.63) is 107 Å². The van der Waals surface area contributed by atoms with E-state index in [9.17, 15) is 13.2 Å². The lowest BCUT2D eigenvalue weighted by Crippen LogP contribution is -2.15. The molecule has 0 saturated heterocycles. The Hall–Kier alpha value is -3.61. The van der Waals surface area contributed by atoms with Gasteiger partial charge in [-0.05, 0) is 54.5 Å². The molecule has 2 aliphatic rings. The first-order valence-electron chi connectivity index (χ1n) is 11.7. The van der Waals surface area contributed by atoms with Gasteiger partial charge in [0.2, 0.25) is 0 Å². The van der Waals surface area contributed by atoms with Crippen LogP contribution in [0.15, 0.2) is 84.5 Å². The maximum atomic E-state index is 13.0. The summed E-state index contributed by atoms with van der Waals surface area (Å²) in [7, 11) is 0. The van der Waals surface area contributed by atoms with E-state index in [0.717, 1.165) is 54.5 Å². The molecule has 5 rings (SSSR count). The monoisotopic (exact) mass is 478 g/mol. The third-order valence-corrected chi connectivity index (χ3v) is 6.42. The molecular formula is C28H25F3N2O2. The highest BCUT2D eigenvalue weighted by molar-refractivity contribution is 5.46. The summed E-state index contributed by atoms with van der Waals surface area (Å²) in [6.07, 6.45) is 5.49. The lowest BCUT2D eigenvalue weighted by atomic mass is 9.91. The molecule has 0 unspecified atom stereocenters. The Kier molecular flexibility index (Phi) is 6.32. The number of halogens is 3. The number of benzene rings is 2. The number of alkyl halides is 3. The number of hydrogen-bond acceptors (Lipinski definition) is 4. The summed E-state index contributed by atoms with van der Waals surface area (Å²) < 4.78 is 51.2. The molecule has 0 atom stereocenters. The van der Waals surface area contributed by atoms with Crippen LogP contribution in [0.2, 0.25) is 0 Å². The minimum Gasteiger partial charge on any atom is -0.483 e. The van der Waals surface area contributed by atoms with Crippen molar-refractivity contribution >= 4 is 0 Å². The average molecular weight is 479 g/mol. The van der Waals surface area contributed by atoms with Crippen LogP contribution in [0, 0.1) is 0 Å². The molecule has 1 heterocycles. The number of allylic oxidation sites excluding steroid dienone is 2. The second-order valence-electron chi connectivity index (χ2n) is 8.88. The molecule has 7 heteroatoms. The lowest BCUT2D eigenvalue weighted by molar-refractivity contribution is -0.137. The largest absolute Gasteiger partial charge is 0.483 e. The molecule has 35 heavy (non-hydrogen) atoms. The number of aromatic nitrogens is 2. The molecule has 0 amide bonds. The first-order valence-corrected chi connectivity index (χ1v) is 11.7. The van der Waals surface area contributed by atoms with Crippen molar-refractivity contribution in [3.63, 3.8) is 0 Å². The minimum absolute atomic E-state index is 0.299. The molecule has 2 aliphatic carbocycles. The molecule has 0 N–H and O–H groups in total. The number of ether oxygens (including phenoxy) is 2. The van der Waals surface area contributed by atoms with Crippen molar-refractivity contribution in [2.45, 2.75) is 43.9 Å². The van der Waals surface area contributed by atoms with Crippen molar-refractivity contribution in [1.29, 1.82) is 0 Å². The zero-order valence-corrected chi connectivity index (χ0v) is 19.1. The van der Waals surface area contributed by atoms with E-state index >= 15 is 0 Å². The van der Waals surface area contributed by atoms with Crippen LogP contribution in [0.25, 0.3) is 0 Å². The summed E-state index contributed by atoms with van der Waals surface area (Å²) in [6, 6.07) is 16.9. The van der Waals surface area contributed by atoms with Gasteiger partial charge in [-0.15, -0.1) is 5.10 Å². The standard InChI is InChI=1S/C28H25F3N2O2/c29-28(30,31)23-13-11-22(12-14-23)27(15-16-27)25-17-24(34-18-20-7-3-1-4-8-20)26(33-32-25)35-19-21-9-5-2-6-10-21/h1,3-5,7-14,17H,2,6,15-16,18-19H2. The molecular weight excluding hydrogens is 453 g/mol. The van der Waals surface area contributed by atoms with Gasteiger partial charge in [-0.25, -0.2) is 0 Å². The smallest absolute Gasteiger partial charge is 0.416 e. The number of nitrogens with zero attached hydrogens (tertiary/aromatic N) is 2. The third kappa shape index (κ3) is 5.24. The summed E-state index contributed by atoms with van der Waals surface area (Å²) in [5.74, 6) is 0.769. The van der Waals surface area contributed by atoms with E-state index in [2.05, 4.69) is 22.3 Å². The van der Waals surface area contributed by atoms with Gasteiger partial charge < -0.3 is 9.47 Å². The highest BCUT2D eigenvalue weighted by Crippen LogP contribution is 2.53. The zero-order valence-electron chi connectivity index (χ0n) is 19.1. The van der Waals surface area contributed by atoms with Gasteiger partial charge in [0, 0.05) is 11.5 Å². The molecule has 1 saturated carbocycles. The van der Waals surface area contributed by atoms with Gasteiger partial charge in [0.05, 0.1) is 11.3 Å². The Morgan fingerprint density at radius 3 is 2.29 bits per heavy atom. The van der Waals surface area contributed by atoms with Crippen LogP contribution in [0.5, 0.6) is 11.6 Å². The van der Waals surface area contributed by atoms with Gasteiger partial charge in [0.15, 0.2) is 5.75 Å². The van der Waals surface area contributed by atoms with Crippen molar-refractivity contribution in [2.24, 2.45) is 0 Å². The molecule has 2 aromatic carbocycles. The predicted octanol–water partition coefficient (Wildman–Crippen LogP) is 6.81. The Morgan fingerprint density at radius 1 is 0.857 bits per heavy atom. The summed E-state index contributed by atoms with van der Waals surface area (Å²) in [4.78, 5) is 0. The van der Waals surface area contributed by atoms with Crippen LogP contribution in [-0.2, 0) is 18.2 Å². The Labute approximate surface area is 202 Å². The van der Waals surface area contributed by atoms with Gasteiger partial charge in [-0.2, -0.15) is 18.3 Å². The normalized spacial score (nSPS) is 16.5.